The Bertz CT molecular complexity index is 1070. The minimum Gasteiger partial charge on any atom is -0.454 e. The number of hydrogen-bond acceptors (Lipinski definition) is 7. The normalized spacial score (nSPS) is 15.9. The summed E-state index contributed by atoms with van der Waals surface area (Å²) in [6.45, 7) is 3.15. The highest BCUT2D eigenvalue weighted by atomic mass is 127. The Balaban J connectivity index is 1.90. The van der Waals surface area contributed by atoms with Crippen molar-refractivity contribution in [2.24, 2.45) is 12.8 Å². The fourth-order valence-corrected chi connectivity index (χ4v) is 3.61. The van der Waals surface area contributed by atoms with Gasteiger partial charge in [0.15, 0.2) is 11.3 Å². The molecule has 1 atom stereocenters. The molecular weight excluding hydrogens is 508 g/mol. The van der Waals surface area contributed by atoms with E-state index in [0.29, 0.717) is 3.57 Å². The molecule has 2 aromatic rings. The van der Waals surface area contributed by atoms with Crippen LogP contribution in [0.2, 0.25) is 0 Å². The van der Waals surface area contributed by atoms with E-state index in [9.17, 15) is 18.8 Å². The summed E-state index contributed by atoms with van der Waals surface area (Å²) in [6.07, 6.45) is 0. The lowest BCUT2D eigenvalue weighted by molar-refractivity contribution is -0.176. The summed E-state index contributed by atoms with van der Waals surface area (Å²) in [5.41, 5.74) is 4.64. The highest BCUT2D eigenvalue weighted by Gasteiger charge is 2.51. The molecule has 0 radical (unpaired) electrons. The van der Waals surface area contributed by atoms with E-state index in [4.69, 9.17) is 10.5 Å². The molecule has 30 heavy (non-hydrogen) atoms. The second kappa shape index (κ2) is 8.30. The molecule has 0 unspecified atom stereocenters. The van der Waals surface area contributed by atoms with E-state index in [0.717, 1.165) is 4.68 Å². The van der Waals surface area contributed by atoms with Crippen molar-refractivity contribution in [3.63, 3.8) is 0 Å². The molecule has 1 aliphatic rings. The van der Waals surface area contributed by atoms with Gasteiger partial charge in [0.25, 0.3) is 11.5 Å². The number of esters is 1. The first-order valence-electron chi connectivity index (χ1n) is 9.07. The van der Waals surface area contributed by atoms with Crippen molar-refractivity contribution < 1.29 is 18.7 Å². The van der Waals surface area contributed by atoms with Crippen molar-refractivity contribution in [1.82, 2.24) is 14.7 Å². The number of likely N-dealkylation sites (tertiary alicyclic amines) is 1. The van der Waals surface area contributed by atoms with Gasteiger partial charge in [-0.05, 0) is 47.7 Å². The largest absolute Gasteiger partial charge is 0.454 e. The van der Waals surface area contributed by atoms with Gasteiger partial charge in [-0.3, -0.25) is 14.4 Å². The molecule has 1 fully saturated rings. The maximum Gasteiger partial charge on any atom is 0.303 e. The van der Waals surface area contributed by atoms with Crippen LogP contribution >= 0.6 is 22.6 Å². The summed E-state index contributed by atoms with van der Waals surface area (Å²) in [4.78, 5) is 38.0. The fraction of sp³-hybridized carbons (Fsp3) is 0.368. The maximum absolute atomic E-state index is 14.3. The van der Waals surface area contributed by atoms with Gasteiger partial charge < -0.3 is 20.7 Å². The monoisotopic (exact) mass is 529 g/mol. The third-order valence-electron chi connectivity index (χ3n) is 4.88. The van der Waals surface area contributed by atoms with Crippen molar-refractivity contribution in [2.75, 3.05) is 18.4 Å². The average Bonchev–Trinajstić information content (AvgIpc) is 2.61. The summed E-state index contributed by atoms with van der Waals surface area (Å²) in [6, 6.07) is 5.21. The number of ether oxygens (including phenoxy) is 1. The van der Waals surface area contributed by atoms with Crippen molar-refractivity contribution >= 4 is 45.8 Å². The molecule has 1 aromatic carbocycles. The highest BCUT2D eigenvalue weighted by Crippen LogP contribution is 2.31. The van der Waals surface area contributed by atoms with Crippen LogP contribution < -0.4 is 16.6 Å². The minimum absolute atomic E-state index is 0.0591. The molecule has 0 bridgehead atoms. The molecule has 11 heteroatoms. The summed E-state index contributed by atoms with van der Waals surface area (Å²) >= 11 is 1.98. The van der Waals surface area contributed by atoms with Crippen molar-refractivity contribution in [2.45, 2.75) is 25.5 Å². The van der Waals surface area contributed by atoms with Crippen molar-refractivity contribution in [3.05, 3.63) is 49.7 Å². The summed E-state index contributed by atoms with van der Waals surface area (Å²) in [7, 11) is 1.41. The van der Waals surface area contributed by atoms with E-state index in [1.54, 1.807) is 13.0 Å². The van der Waals surface area contributed by atoms with Gasteiger partial charge in [-0.2, -0.15) is 5.10 Å². The molecule has 1 aromatic heterocycles. The molecule has 0 aliphatic carbocycles. The number of carbonyl (C=O) groups excluding carboxylic acids is 2. The van der Waals surface area contributed by atoms with E-state index in [2.05, 4.69) is 10.4 Å². The van der Waals surface area contributed by atoms with Gasteiger partial charge in [-0.1, -0.05) is 0 Å². The summed E-state index contributed by atoms with van der Waals surface area (Å²) < 4.78 is 21.3. The minimum atomic E-state index is -0.974. The lowest BCUT2D eigenvalue weighted by Crippen LogP contribution is -2.71. The molecule has 9 nitrogen and oxygen atoms in total. The number of aryl methyl sites for hydroxylation is 1. The Morgan fingerprint density at radius 1 is 1.33 bits per heavy atom. The first kappa shape index (κ1) is 22.2. The van der Waals surface area contributed by atoms with Crippen LogP contribution in [0.3, 0.4) is 0 Å². The first-order chi connectivity index (χ1) is 14.0. The number of benzene rings is 1. The first-order valence-corrected chi connectivity index (χ1v) is 10.1. The Kier molecular flexibility index (Phi) is 6.13. The molecule has 1 aliphatic heterocycles. The molecule has 3 rings (SSSR count). The second-order valence-electron chi connectivity index (χ2n) is 7.23. The van der Waals surface area contributed by atoms with Gasteiger partial charge in [-0.25, -0.2) is 9.07 Å². The maximum atomic E-state index is 14.3. The number of halogens is 2. The summed E-state index contributed by atoms with van der Waals surface area (Å²) in [5, 5.41) is 6.84. The standard InChI is InChI=1S/C19H21FIN5O4/c1-10(22)19(30-11(2)27)8-26(9-19)18(29)17-15(7-16(28)25(3)24-17)23-14-5-4-12(21)6-13(14)20/h4-7,10,23H,8-9,22H2,1-3H3/t10-/m0/s1. The van der Waals surface area contributed by atoms with Crippen LogP contribution in [-0.4, -0.2) is 51.3 Å². The zero-order valence-corrected chi connectivity index (χ0v) is 18.8. The van der Waals surface area contributed by atoms with Crippen LogP contribution in [0.1, 0.15) is 24.3 Å². The van der Waals surface area contributed by atoms with Gasteiger partial charge in [0.2, 0.25) is 0 Å². The van der Waals surface area contributed by atoms with Crippen molar-refractivity contribution in [3.8, 4) is 0 Å². The van der Waals surface area contributed by atoms with Crippen LogP contribution in [0.15, 0.2) is 29.1 Å². The Hall–Kier alpha value is -2.54. The summed E-state index contributed by atoms with van der Waals surface area (Å²) in [5.74, 6) is -1.52. The number of carbonyl (C=O) groups is 2. The van der Waals surface area contributed by atoms with Crippen LogP contribution in [0.4, 0.5) is 15.8 Å². The third-order valence-corrected chi connectivity index (χ3v) is 5.55. The van der Waals surface area contributed by atoms with Crippen LogP contribution in [0, 0.1) is 9.39 Å². The molecular formula is C19H21FIN5O4. The zero-order chi connectivity index (χ0) is 22.2. The van der Waals surface area contributed by atoms with E-state index in [1.807, 2.05) is 22.6 Å². The van der Waals surface area contributed by atoms with Crippen LogP contribution in [0.25, 0.3) is 0 Å². The van der Waals surface area contributed by atoms with Gasteiger partial charge in [0.1, 0.15) is 5.82 Å². The van der Waals surface area contributed by atoms with Gasteiger partial charge >= 0.3 is 5.97 Å². The van der Waals surface area contributed by atoms with E-state index >= 15 is 0 Å². The van der Waals surface area contributed by atoms with E-state index in [-0.39, 0.29) is 30.2 Å². The predicted octanol–water partition coefficient (Wildman–Crippen LogP) is 1.37. The molecule has 160 valence electrons. The number of nitrogens with one attached hydrogen (secondary N) is 1. The van der Waals surface area contributed by atoms with Gasteiger partial charge in [0.05, 0.1) is 24.5 Å². The average molecular weight is 529 g/mol. The number of hydrogen-bond donors (Lipinski definition) is 2. The molecule has 1 saturated heterocycles. The predicted molar refractivity (Wildman–Crippen MR) is 116 cm³/mol. The molecule has 3 N–H and O–H groups in total. The number of anilines is 2. The number of aromatic nitrogens is 2. The lowest BCUT2D eigenvalue weighted by atomic mass is 9.86. The topological polar surface area (TPSA) is 120 Å². The second-order valence-corrected chi connectivity index (χ2v) is 8.47. The zero-order valence-electron chi connectivity index (χ0n) is 16.6. The van der Waals surface area contributed by atoms with Crippen LogP contribution in [-0.2, 0) is 16.6 Å². The Morgan fingerprint density at radius 2 is 2.00 bits per heavy atom. The quantitative estimate of drug-likeness (QED) is 0.444. The molecule has 1 amide bonds. The smallest absolute Gasteiger partial charge is 0.303 e. The lowest BCUT2D eigenvalue weighted by Gasteiger charge is -2.50. The Labute approximate surface area is 185 Å². The fourth-order valence-electron chi connectivity index (χ4n) is 3.15. The molecule has 2 heterocycles. The SMILES string of the molecule is CC(=O)OC1([C@H](C)N)CN(C(=O)c2nn(C)c(=O)cc2Nc2ccc(I)cc2F)C1. The van der Waals surface area contributed by atoms with Gasteiger partial charge in [-0.15, -0.1) is 0 Å². The number of nitrogens with two attached hydrogens (primary N) is 1. The molecule has 0 saturated carbocycles. The third kappa shape index (κ3) is 4.31. The molecule has 0 spiro atoms. The van der Waals surface area contributed by atoms with Gasteiger partial charge in [0, 0.05) is 29.6 Å². The number of amides is 1. The highest BCUT2D eigenvalue weighted by molar-refractivity contribution is 14.1. The number of rotatable bonds is 5. The Morgan fingerprint density at radius 3 is 2.57 bits per heavy atom. The number of nitrogens with zero attached hydrogens (tertiary/aromatic N) is 3. The van der Waals surface area contributed by atoms with Crippen LogP contribution in [0.5, 0.6) is 0 Å². The van der Waals surface area contributed by atoms with E-state index in [1.165, 1.54) is 37.1 Å². The van der Waals surface area contributed by atoms with Crippen molar-refractivity contribution in [1.29, 1.82) is 0 Å². The van der Waals surface area contributed by atoms with E-state index < -0.39 is 34.9 Å².